The summed E-state index contributed by atoms with van der Waals surface area (Å²) < 4.78 is 0. The molecule has 0 amide bonds. The number of rotatable bonds is 5. The number of hydrogen-bond donors (Lipinski definition) is 0. The van der Waals surface area contributed by atoms with Crippen LogP contribution in [0.4, 0.5) is 0 Å². The molecule has 0 N–H and O–H groups in total. The van der Waals surface area contributed by atoms with Crippen molar-refractivity contribution in [2.24, 2.45) is 23.7 Å². The molecule has 0 saturated heterocycles. The Labute approximate surface area is 103 Å². The fourth-order valence-corrected chi connectivity index (χ4v) is 2.63. The van der Waals surface area contributed by atoms with Crippen LogP contribution in [0.15, 0.2) is 12.2 Å². The fourth-order valence-electron chi connectivity index (χ4n) is 2.63. The van der Waals surface area contributed by atoms with Crippen LogP contribution >= 0.6 is 0 Å². The van der Waals surface area contributed by atoms with Crippen molar-refractivity contribution < 1.29 is 0 Å². The molecule has 1 saturated carbocycles. The van der Waals surface area contributed by atoms with Gasteiger partial charge in [-0.05, 0) is 30.1 Å². The topological polar surface area (TPSA) is 0 Å². The third kappa shape index (κ3) is 4.72. The van der Waals surface area contributed by atoms with Gasteiger partial charge in [-0.1, -0.05) is 72.0 Å². The van der Waals surface area contributed by atoms with Crippen LogP contribution in [-0.4, -0.2) is 0 Å². The third-order valence-electron chi connectivity index (χ3n) is 4.45. The fraction of sp³-hybridized carbons (Fsp3) is 0.875. The summed E-state index contributed by atoms with van der Waals surface area (Å²) in [7, 11) is 0. The van der Waals surface area contributed by atoms with Crippen LogP contribution < -0.4 is 0 Å². The van der Waals surface area contributed by atoms with Crippen LogP contribution in [0.2, 0.25) is 0 Å². The third-order valence-corrected chi connectivity index (χ3v) is 4.45. The van der Waals surface area contributed by atoms with E-state index in [-0.39, 0.29) is 0 Å². The van der Waals surface area contributed by atoms with Gasteiger partial charge < -0.3 is 0 Å². The average molecular weight is 222 g/mol. The van der Waals surface area contributed by atoms with Crippen molar-refractivity contribution in [2.75, 3.05) is 0 Å². The Balaban J connectivity index is 2.25. The lowest BCUT2D eigenvalue weighted by atomic mass is 9.79. The Morgan fingerprint density at radius 3 is 2.19 bits per heavy atom. The van der Waals surface area contributed by atoms with Crippen molar-refractivity contribution in [1.82, 2.24) is 0 Å². The molecule has 0 aromatic carbocycles. The second-order valence-corrected chi connectivity index (χ2v) is 6.14. The van der Waals surface area contributed by atoms with E-state index in [1.54, 1.807) is 0 Å². The lowest BCUT2D eigenvalue weighted by Gasteiger charge is -2.27. The predicted octanol–water partition coefficient (Wildman–Crippen LogP) is 5.44. The first-order valence-corrected chi connectivity index (χ1v) is 7.28. The van der Waals surface area contributed by atoms with Gasteiger partial charge in [0.2, 0.25) is 0 Å². The monoisotopic (exact) mass is 222 g/mol. The Morgan fingerprint density at radius 1 is 1.00 bits per heavy atom. The Morgan fingerprint density at radius 2 is 1.62 bits per heavy atom. The van der Waals surface area contributed by atoms with Gasteiger partial charge in [0.25, 0.3) is 0 Å². The van der Waals surface area contributed by atoms with E-state index in [9.17, 15) is 0 Å². The first-order chi connectivity index (χ1) is 7.61. The maximum atomic E-state index is 2.44. The molecule has 1 aliphatic carbocycles. The van der Waals surface area contributed by atoms with Gasteiger partial charge in [0, 0.05) is 0 Å². The molecule has 0 nitrogen and oxygen atoms in total. The Kier molecular flexibility index (Phi) is 6.16. The molecule has 0 aromatic rings. The molecule has 1 fully saturated rings. The van der Waals surface area contributed by atoms with Gasteiger partial charge in [-0.2, -0.15) is 0 Å². The molecule has 1 rings (SSSR count). The highest BCUT2D eigenvalue weighted by atomic mass is 14.2. The molecule has 2 atom stereocenters. The van der Waals surface area contributed by atoms with E-state index < -0.39 is 0 Å². The van der Waals surface area contributed by atoms with E-state index in [0.717, 1.165) is 23.7 Å². The van der Waals surface area contributed by atoms with Crippen molar-refractivity contribution in [2.45, 2.75) is 66.2 Å². The molecule has 16 heavy (non-hydrogen) atoms. The second kappa shape index (κ2) is 7.14. The summed E-state index contributed by atoms with van der Waals surface area (Å²) in [4.78, 5) is 0. The minimum absolute atomic E-state index is 0.735. The van der Waals surface area contributed by atoms with Gasteiger partial charge in [-0.3, -0.25) is 0 Å². The van der Waals surface area contributed by atoms with E-state index in [4.69, 9.17) is 0 Å². The van der Waals surface area contributed by atoms with Crippen LogP contribution in [0.3, 0.4) is 0 Å². The van der Waals surface area contributed by atoms with E-state index >= 15 is 0 Å². The molecule has 0 bridgehead atoms. The van der Waals surface area contributed by atoms with E-state index in [0.29, 0.717) is 0 Å². The minimum atomic E-state index is 0.735. The molecule has 0 spiro atoms. The SMILES string of the molecule is CC(C)C(C)C=CCC(C)C1CCCCC1. The highest BCUT2D eigenvalue weighted by molar-refractivity contribution is 4.90. The van der Waals surface area contributed by atoms with Gasteiger partial charge in [-0.25, -0.2) is 0 Å². The average Bonchev–Trinajstić information content (AvgIpc) is 2.29. The predicted molar refractivity (Wildman–Crippen MR) is 73.5 cm³/mol. The molecule has 0 aromatic heterocycles. The molecule has 0 radical (unpaired) electrons. The molecule has 0 heterocycles. The largest absolute Gasteiger partial charge is 0.0880 e. The molecule has 1 aliphatic rings. The maximum Gasteiger partial charge on any atom is -0.0239 e. The summed E-state index contributed by atoms with van der Waals surface area (Å²) >= 11 is 0. The summed E-state index contributed by atoms with van der Waals surface area (Å²) in [5, 5.41) is 0. The lowest BCUT2D eigenvalue weighted by Crippen LogP contribution is -2.14. The van der Waals surface area contributed by atoms with Crippen LogP contribution in [0.25, 0.3) is 0 Å². The highest BCUT2D eigenvalue weighted by Crippen LogP contribution is 2.31. The normalized spacial score (nSPS) is 22.8. The highest BCUT2D eigenvalue weighted by Gasteiger charge is 2.18. The van der Waals surface area contributed by atoms with Crippen molar-refractivity contribution in [3.63, 3.8) is 0 Å². The zero-order valence-electron chi connectivity index (χ0n) is 11.7. The Hall–Kier alpha value is -0.260. The van der Waals surface area contributed by atoms with Crippen LogP contribution in [-0.2, 0) is 0 Å². The maximum absolute atomic E-state index is 2.44. The molecular weight excluding hydrogens is 192 g/mol. The van der Waals surface area contributed by atoms with Crippen molar-refractivity contribution in [1.29, 1.82) is 0 Å². The first-order valence-electron chi connectivity index (χ1n) is 7.28. The second-order valence-electron chi connectivity index (χ2n) is 6.14. The van der Waals surface area contributed by atoms with Crippen LogP contribution in [0.5, 0.6) is 0 Å². The summed E-state index contributed by atoms with van der Waals surface area (Å²) in [6, 6.07) is 0. The van der Waals surface area contributed by atoms with E-state index in [1.165, 1.54) is 38.5 Å². The minimum Gasteiger partial charge on any atom is -0.0880 e. The molecule has 94 valence electrons. The van der Waals surface area contributed by atoms with Crippen LogP contribution in [0.1, 0.15) is 66.2 Å². The quantitative estimate of drug-likeness (QED) is 0.543. The number of hydrogen-bond acceptors (Lipinski definition) is 0. The zero-order valence-corrected chi connectivity index (χ0v) is 11.7. The van der Waals surface area contributed by atoms with Gasteiger partial charge in [0.1, 0.15) is 0 Å². The standard InChI is InChI=1S/C16H30/c1-13(2)14(3)9-8-10-15(4)16-11-6-5-7-12-16/h8-9,13-16H,5-7,10-12H2,1-4H3. The summed E-state index contributed by atoms with van der Waals surface area (Å²) in [5.74, 6) is 3.42. The van der Waals surface area contributed by atoms with Gasteiger partial charge in [0.15, 0.2) is 0 Å². The zero-order chi connectivity index (χ0) is 12.0. The Bertz CT molecular complexity index is 196. The first kappa shape index (κ1) is 13.8. The van der Waals surface area contributed by atoms with Crippen molar-refractivity contribution in [3.8, 4) is 0 Å². The summed E-state index contributed by atoms with van der Waals surface area (Å²) in [6.07, 6.45) is 13.5. The summed E-state index contributed by atoms with van der Waals surface area (Å²) in [5.41, 5.74) is 0. The molecule has 0 heteroatoms. The number of allylic oxidation sites excluding steroid dienone is 2. The summed E-state index contributed by atoms with van der Waals surface area (Å²) in [6.45, 7) is 9.38. The van der Waals surface area contributed by atoms with E-state index in [1.807, 2.05) is 0 Å². The molecule has 0 aliphatic heterocycles. The van der Waals surface area contributed by atoms with Gasteiger partial charge in [-0.15, -0.1) is 0 Å². The van der Waals surface area contributed by atoms with Crippen molar-refractivity contribution >= 4 is 0 Å². The molecule has 2 unspecified atom stereocenters. The van der Waals surface area contributed by atoms with Crippen LogP contribution in [0, 0.1) is 23.7 Å². The van der Waals surface area contributed by atoms with Gasteiger partial charge >= 0.3 is 0 Å². The van der Waals surface area contributed by atoms with E-state index in [2.05, 4.69) is 39.8 Å². The van der Waals surface area contributed by atoms with Crippen molar-refractivity contribution in [3.05, 3.63) is 12.2 Å². The lowest BCUT2D eigenvalue weighted by molar-refractivity contribution is 0.265. The molecular formula is C16H30. The van der Waals surface area contributed by atoms with Gasteiger partial charge in [0.05, 0.1) is 0 Å². The smallest absolute Gasteiger partial charge is 0.0239 e.